The molecular weight excluding hydrogens is 277 g/mol. The lowest BCUT2D eigenvalue weighted by Crippen LogP contribution is -2.45. The molecule has 1 aliphatic rings. The van der Waals surface area contributed by atoms with Crippen molar-refractivity contribution >= 4 is 24.0 Å². The molecule has 1 unspecified atom stereocenters. The Kier molecular flexibility index (Phi) is 4.19. The molecule has 100 valence electrons. The summed E-state index contributed by atoms with van der Waals surface area (Å²) in [6, 6.07) is 16.8. The minimum atomic E-state index is -0.139. The summed E-state index contributed by atoms with van der Waals surface area (Å²) < 4.78 is 0. The summed E-state index contributed by atoms with van der Waals surface area (Å²) in [5.74, 6) is 0. The lowest BCUT2D eigenvalue weighted by atomic mass is 9.79. The molecule has 0 amide bonds. The van der Waals surface area contributed by atoms with Crippen LogP contribution in [-0.2, 0) is 12.0 Å². The molecule has 0 bridgehead atoms. The number of halogens is 2. The highest BCUT2D eigenvalue weighted by molar-refractivity contribution is 6.31. The van der Waals surface area contributed by atoms with Gasteiger partial charge in [0.2, 0.25) is 0 Å². The van der Waals surface area contributed by atoms with Gasteiger partial charge in [0.15, 0.2) is 0 Å². The predicted octanol–water partition coefficient (Wildman–Crippen LogP) is 4.17. The highest BCUT2D eigenvalue weighted by Crippen LogP contribution is 2.37. The zero-order valence-corrected chi connectivity index (χ0v) is 12.4. The molecule has 1 aliphatic heterocycles. The van der Waals surface area contributed by atoms with Gasteiger partial charge in [-0.2, -0.15) is 0 Å². The number of benzene rings is 2. The predicted molar refractivity (Wildman–Crippen MR) is 83.3 cm³/mol. The Balaban J connectivity index is 0.00000133. The number of rotatable bonds is 1. The molecule has 0 fully saturated rings. The van der Waals surface area contributed by atoms with E-state index in [-0.39, 0.29) is 17.9 Å². The van der Waals surface area contributed by atoms with E-state index in [1.807, 2.05) is 12.1 Å². The quantitative estimate of drug-likeness (QED) is 0.832. The first-order chi connectivity index (χ1) is 8.72. The lowest BCUT2D eigenvalue weighted by Gasteiger charge is -2.38. The monoisotopic (exact) mass is 293 g/mol. The van der Waals surface area contributed by atoms with Crippen LogP contribution in [0.1, 0.15) is 23.6 Å². The SMILES string of the molecule is CC1(c2ccccc2)NCCc2c(Cl)cccc21.Cl. The summed E-state index contributed by atoms with van der Waals surface area (Å²) in [6.07, 6.45) is 0.997. The van der Waals surface area contributed by atoms with Crippen LogP contribution >= 0.6 is 24.0 Å². The molecule has 1 nitrogen and oxygen atoms in total. The Labute approximate surface area is 125 Å². The van der Waals surface area contributed by atoms with Crippen molar-refractivity contribution in [3.8, 4) is 0 Å². The van der Waals surface area contributed by atoms with Crippen molar-refractivity contribution in [2.75, 3.05) is 6.54 Å². The van der Waals surface area contributed by atoms with E-state index in [1.54, 1.807) is 0 Å². The van der Waals surface area contributed by atoms with Crippen LogP contribution in [0.3, 0.4) is 0 Å². The van der Waals surface area contributed by atoms with Crippen LogP contribution in [0, 0.1) is 0 Å². The minimum absolute atomic E-state index is 0. The Morgan fingerprint density at radius 1 is 1.05 bits per heavy atom. The topological polar surface area (TPSA) is 12.0 Å². The van der Waals surface area contributed by atoms with E-state index in [4.69, 9.17) is 11.6 Å². The summed E-state index contributed by atoms with van der Waals surface area (Å²) in [5, 5.41) is 4.52. The van der Waals surface area contributed by atoms with E-state index >= 15 is 0 Å². The van der Waals surface area contributed by atoms with Crippen molar-refractivity contribution in [2.45, 2.75) is 18.9 Å². The highest BCUT2D eigenvalue weighted by Gasteiger charge is 2.33. The third-order valence-electron chi connectivity index (χ3n) is 3.86. The molecular formula is C16H17Cl2N. The van der Waals surface area contributed by atoms with Crippen LogP contribution in [0.5, 0.6) is 0 Å². The molecule has 0 spiro atoms. The fourth-order valence-electron chi connectivity index (χ4n) is 2.84. The average molecular weight is 294 g/mol. The first-order valence-electron chi connectivity index (χ1n) is 6.30. The number of hydrogen-bond donors (Lipinski definition) is 1. The second-order valence-corrected chi connectivity index (χ2v) is 5.34. The molecule has 1 atom stereocenters. The van der Waals surface area contributed by atoms with Gasteiger partial charge in [-0.15, -0.1) is 12.4 Å². The van der Waals surface area contributed by atoms with Gasteiger partial charge in [0.05, 0.1) is 5.54 Å². The van der Waals surface area contributed by atoms with Gasteiger partial charge in [0.25, 0.3) is 0 Å². The third-order valence-corrected chi connectivity index (χ3v) is 4.22. The molecule has 2 aromatic rings. The highest BCUT2D eigenvalue weighted by atomic mass is 35.5. The Morgan fingerprint density at radius 2 is 1.79 bits per heavy atom. The van der Waals surface area contributed by atoms with Gasteiger partial charge in [-0.1, -0.05) is 54.1 Å². The third kappa shape index (κ3) is 2.38. The van der Waals surface area contributed by atoms with Crippen molar-refractivity contribution in [1.82, 2.24) is 5.32 Å². The number of fused-ring (bicyclic) bond motifs is 1. The molecule has 1 N–H and O–H groups in total. The van der Waals surface area contributed by atoms with E-state index < -0.39 is 0 Å². The summed E-state index contributed by atoms with van der Waals surface area (Å²) in [5.41, 5.74) is 3.73. The Morgan fingerprint density at radius 3 is 2.53 bits per heavy atom. The summed E-state index contributed by atoms with van der Waals surface area (Å²) in [6.45, 7) is 3.19. The van der Waals surface area contributed by atoms with Crippen LogP contribution in [0.25, 0.3) is 0 Å². The maximum atomic E-state index is 6.33. The van der Waals surface area contributed by atoms with Crippen molar-refractivity contribution in [1.29, 1.82) is 0 Å². The molecule has 0 radical (unpaired) electrons. The second kappa shape index (κ2) is 5.54. The van der Waals surface area contributed by atoms with Crippen molar-refractivity contribution < 1.29 is 0 Å². The normalized spacial score (nSPS) is 21.4. The van der Waals surface area contributed by atoms with E-state index in [2.05, 4.69) is 48.6 Å². The fraction of sp³-hybridized carbons (Fsp3) is 0.250. The maximum absolute atomic E-state index is 6.33. The second-order valence-electron chi connectivity index (χ2n) is 4.93. The summed E-state index contributed by atoms with van der Waals surface area (Å²) >= 11 is 6.33. The summed E-state index contributed by atoms with van der Waals surface area (Å²) in [7, 11) is 0. The van der Waals surface area contributed by atoms with Crippen molar-refractivity contribution in [3.63, 3.8) is 0 Å². The smallest absolute Gasteiger partial charge is 0.0665 e. The first kappa shape index (κ1) is 14.4. The van der Waals surface area contributed by atoms with Gasteiger partial charge in [-0.25, -0.2) is 0 Å². The Bertz CT molecular complexity index is 568. The minimum Gasteiger partial charge on any atom is -0.304 e. The number of nitrogens with one attached hydrogen (secondary N) is 1. The standard InChI is InChI=1S/C16H16ClN.ClH/c1-16(12-6-3-2-4-7-12)14-8-5-9-15(17)13(14)10-11-18-16;/h2-9,18H,10-11H2,1H3;1H. The molecule has 3 heteroatoms. The molecule has 0 saturated carbocycles. The van der Waals surface area contributed by atoms with Gasteiger partial charge in [0, 0.05) is 11.6 Å². The van der Waals surface area contributed by atoms with E-state index in [1.165, 1.54) is 16.7 Å². The molecule has 19 heavy (non-hydrogen) atoms. The van der Waals surface area contributed by atoms with E-state index in [9.17, 15) is 0 Å². The lowest BCUT2D eigenvalue weighted by molar-refractivity contribution is 0.415. The van der Waals surface area contributed by atoms with Gasteiger partial charge >= 0.3 is 0 Å². The molecule has 0 saturated heterocycles. The van der Waals surface area contributed by atoms with Crippen LogP contribution in [0.2, 0.25) is 5.02 Å². The van der Waals surface area contributed by atoms with Crippen LogP contribution in [0.4, 0.5) is 0 Å². The zero-order chi connectivity index (χ0) is 12.6. The van der Waals surface area contributed by atoms with Crippen molar-refractivity contribution in [2.24, 2.45) is 0 Å². The van der Waals surface area contributed by atoms with E-state index in [0.717, 1.165) is 18.0 Å². The largest absolute Gasteiger partial charge is 0.304 e. The van der Waals surface area contributed by atoms with Crippen LogP contribution < -0.4 is 5.32 Å². The maximum Gasteiger partial charge on any atom is 0.0665 e. The summed E-state index contributed by atoms with van der Waals surface area (Å²) in [4.78, 5) is 0. The van der Waals surface area contributed by atoms with Crippen molar-refractivity contribution in [3.05, 3.63) is 70.2 Å². The van der Waals surface area contributed by atoms with Gasteiger partial charge < -0.3 is 5.32 Å². The van der Waals surface area contributed by atoms with E-state index in [0.29, 0.717) is 0 Å². The molecule has 2 aromatic carbocycles. The molecule has 0 aliphatic carbocycles. The average Bonchev–Trinajstić information content (AvgIpc) is 2.41. The molecule has 3 rings (SSSR count). The first-order valence-corrected chi connectivity index (χ1v) is 6.68. The molecule has 1 heterocycles. The zero-order valence-electron chi connectivity index (χ0n) is 10.8. The van der Waals surface area contributed by atoms with Gasteiger partial charge in [0.1, 0.15) is 0 Å². The molecule has 0 aromatic heterocycles. The van der Waals surface area contributed by atoms with Gasteiger partial charge in [-0.3, -0.25) is 0 Å². The Hall–Kier alpha value is -1.02. The number of hydrogen-bond acceptors (Lipinski definition) is 1. The van der Waals surface area contributed by atoms with Crippen LogP contribution in [0.15, 0.2) is 48.5 Å². The van der Waals surface area contributed by atoms with Crippen LogP contribution in [-0.4, -0.2) is 6.54 Å². The van der Waals surface area contributed by atoms with Gasteiger partial charge in [-0.05, 0) is 36.1 Å². The fourth-order valence-corrected chi connectivity index (χ4v) is 3.11.